The zero-order valence-corrected chi connectivity index (χ0v) is 35.3. The van der Waals surface area contributed by atoms with Crippen LogP contribution in [0.4, 0.5) is 0 Å². The molecule has 0 aliphatic carbocycles. The summed E-state index contributed by atoms with van der Waals surface area (Å²) in [6, 6.07) is 27.1. The highest BCUT2D eigenvalue weighted by atomic mass is 32.1. The second kappa shape index (κ2) is 16.3. The summed E-state index contributed by atoms with van der Waals surface area (Å²) in [7, 11) is -3.61. The lowest BCUT2D eigenvalue weighted by molar-refractivity contribution is -0.127. The molecule has 298 valence electrons. The molecule has 12 heteroatoms. The molecule has 1 aliphatic heterocycles. The van der Waals surface area contributed by atoms with Gasteiger partial charge in [-0.1, -0.05) is 106 Å². The van der Waals surface area contributed by atoms with Crippen LogP contribution >= 0.6 is 11.3 Å². The van der Waals surface area contributed by atoms with Crippen LogP contribution in [0.5, 0.6) is 0 Å². The number of aromatic nitrogens is 3. The van der Waals surface area contributed by atoms with E-state index in [0.717, 1.165) is 45.3 Å². The van der Waals surface area contributed by atoms with Crippen LogP contribution in [-0.2, 0) is 32.8 Å². The molecule has 1 atom stereocenters. The molecule has 0 amide bonds. The van der Waals surface area contributed by atoms with Crippen LogP contribution in [0.3, 0.4) is 0 Å². The molecule has 0 bridgehead atoms. The summed E-state index contributed by atoms with van der Waals surface area (Å²) in [5, 5.41) is 0.896. The number of rotatable bonds is 14. The Morgan fingerprint density at radius 3 is 2.18 bits per heavy atom. The molecule has 3 aromatic heterocycles. The first-order valence-electron chi connectivity index (χ1n) is 19.7. The molecule has 3 aromatic carbocycles. The van der Waals surface area contributed by atoms with E-state index in [2.05, 4.69) is 18.0 Å². The number of ketones is 1. The quantitative estimate of drug-likeness (QED) is 0.118. The maximum atomic E-state index is 15.2. The summed E-state index contributed by atoms with van der Waals surface area (Å²) >= 11 is 1.27. The van der Waals surface area contributed by atoms with E-state index >= 15 is 4.79 Å². The number of Topliss-reactive ketones (excluding diaryl/α,β-unsaturated/α-hetero) is 1. The number of thiophene rings is 1. The number of hydrogen-bond acceptors (Lipinski definition) is 9. The minimum absolute atomic E-state index is 0.0869. The Kier molecular flexibility index (Phi) is 11.5. The molecule has 1 saturated heterocycles. The van der Waals surface area contributed by atoms with Crippen molar-refractivity contribution in [3.8, 4) is 10.8 Å². The molecular formula is C45H51N3O7SSi. The van der Waals surface area contributed by atoms with Gasteiger partial charge in [-0.3, -0.25) is 14.2 Å². The van der Waals surface area contributed by atoms with Crippen LogP contribution in [-0.4, -0.2) is 52.3 Å². The minimum Gasteiger partial charge on any atom is -0.444 e. The van der Waals surface area contributed by atoms with Gasteiger partial charge in [-0.05, 0) is 72.1 Å². The van der Waals surface area contributed by atoms with Crippen molar-refractivity contribution in [2.24, 2.45) is 0 Å². The van der Waals surface area contributed by atoms with Gasteiger partial charge in [-0.2, -0.15) is 0 Å². The molecule has 4 heterocycles. The summed E-state index contributed by atoms with van der Waals surface area (Å²) < 4.78 is 21.0. The number of nitrogens with zero attached hydrogens (tertiary/aromatic N) is 3. The maximum Gasteiger partial charge on any atom is 0.333 e. The highest BCUT2D eigenvalue weighted by Crippen LogP contribution is 2.42. The molecule has 1 fully saturated rings. The molecule has 0 unspecified atom stereocenters. The van der Waals surface area contributed by atoms with Gasteiger partial charge in [0.25, 0.3) is 13.9 Å². The van der Waals surface area contributed by atoms with Crippen molar-refractivity contribution in [1.82, 2.24) is 14.1 Å². The number of ether oxygens (including phenoxy) is 2. The van der Waals surface area contributed by atoms with Crippen LogP contribution in [0.2, 0.25) is 5.04 Å². The van der Waals surface area contributed by atoms with Gasteiger partial charge in [0.15, 0.2) is 5.78 Å². The molecule has 7 rings (SSSR count). The lowest BCUT2D eigenvalue weighted by Crippen LogP contribution is -2.66. The monoisotopic (exact) mass is 805 g/mol. The smallest absolute Gasteiger partial charge is 0.333 e. The number of oxazole rings is 1. The van der Waals surface area contributed by atoms with Gasteiger partial charge < -0.3 is 18.7 Å². The van der Waals surface area contributed by atoms with Crippen LogP contribution in [0, 0.1) is 6.92 Å². The number of carbonyl (C=O) groups excluding carboxylic acids is 1. The Labute approximate surface area is 337 Å². The van der Waals surface area contributed by atoms with E-state index < -0.39 is 36.2 Å². The van der Waals surface area contributed by atoms with E-state index in [1.165, 1.54) is 17.6 Å². The van der Waals surface area contributed by atoms with Crippen molar-refractivity contribution in [3.05, 3.63) is 135 Å². The molecule has 1 N–H and O–H groups in total. The standard InChI is InChI=1S/C45H51N3O7SSi/c1-7-31-16-14-15-21-35(31)36(55-32-22-25-53-26-23-32)29-47-42-38(30(2)39(56-42)40-46-24-27-54-40)41(50)48(43(47)51)45(5,6)37(49)28-44(3,4)57(52,33-17-10-8-11-18-33)34-19-12-9-13-20-34/h8-21,24,27,32,36,52H,7,22-23,25-26,28-29H2,1-6H3/t36-/m0/s1. The maximum absolute atomic E-state index is 15.2. The highest BCUT2D eigenvalue weighted by molar-refractivity contribution is 7.22. The zero-order chi connectivity index (χ0) is 40.5. The van der Waals surface area contributed by atoms with E-state index in [0.29, 0.717) is 39.8 Å². The van der Waals surface area contributed by atoms with Crippen molar-refractivity contribution in [1.29, 1.82) is 0 Å². The van der Waals surface area contributed by atoms with Gasteiger partial charge >= 0.3 is 5.69 Å². The van der Waals surface area contributed by atoms with E-state index in [1.807, 2.05) is 99.6 Å². The number of aryl methyl sites for hydroxylation is 2. The fraction of sp³-hybridized carbons (Fsp3) is 0.378. The molecule has 0 radical (unpaired) electrons. The molecule has 0 spiro atoms. The van der Waals surface area contributed by atoms with Crippen molar-refractivity contribution < 1.29 is 23.5 Å². The largest absolute Gasteiger partial charge is 0.444 e. The van der Waals surface area contributed by atoms with E-state index in [9.17, 15) is 14.4 Å². The van der Waals surface area contributed by atoms with E-state index in [-0.39, 0.29) is 24.9 Å². The summed E-state index contributed by atoms with van der Waals surface area (Å²) in [5.74, 6) is -0.00401. The van der Waals surface area contributed by atoms with E-state index in [1.54, 1.807) is 24.6 Å². The normalized spacial score (nSPS) is 14.9. The summed E-state index contributed by atoms with van der Waals surface area (Å²) in [6.45, 7) is 12.3. The number of benzene rings is 3. The van der Waals surface area contributed by atoms with Crippen molar-refractivity contribution >= 4 is 46.0 Å². The van der Waals surface area contributed by atoms with Crippen LogP contribution in [0.25, 0.3) is 21.0 Å². The van der Waals surface area contributed by atoms with Gasteiger partial charge in [-0.25, -0.2) is 14.3 Å². The summed E-state index contributed by atoms with van der Waals surface area (Å²) in [6.07, 6.45) is 4.50. The third kappa shape index (κ3) is 7.45. The van der Waals surface area contributed by atoms with Gasteiger partial charge in [-0.15, -0.1) is 11.3 Å². The fourth-order valence-corrected chi connectivity index (χ4v) is 13.2. The van der Waals surface area contributed by atoms with Crippen molar-refractivity contribution in [2.75, 3.05) is 13.2 Å². The minimum atomic E-state index is -3.61. The lowest BCUT2D eigenvalue weighted by atomic mass is 9.91. The second-order valence-corrected chi connectivity index (χ2v) is 21.0. The first-order valence-corrected chi connectivity index (χ1v) is 22.4. The third-order valence-electron chi connectivity index (χ3n) is 11.7. The highest BCUT2D eigenvalue weighted by Gasteiger charge is 2.52. The molecule has 10 nitrogen and oxygen atoms in total. The average Bonchev–Trinajstić information content (AvgIpc) is 3.87. The molecule has 57 heavy (non-hydrogen) atoms. The first-order chi connectivity index (χ1) is 27.3. The van der Waals surface area contributed by atoms with Gasteiger partial charge in [0.05, 0.1) is 29.1 Å². The van der Waals surface area contributed by atoms with Crippen molar-refractivity contribution in [3.63, 3.8) is 0 Å². The topological polar surface area (TPSA) is 126 Å². The Bertz CT molecular complexity index is 2430. The summed E-state index contributed by atoms with van der Waals surface area (Å²) in [5.41, 5.74) is -0.116. The van der Waals surface area contributed by atoms with Crippen LogP contribution in [0.15, 0.2) is 111 Å². The Morgan fingerprint density at radius 2 is 1.58 bits per heavy atom. The molecule has 1 aliphatic rings. The third-order valence-corrected chi connectivity index (χ3v) is 17.5. The predicted molar refractivity (Wildman–Crippen MR) is 227 cm³/mol. The summed E-state index contributed by atoms with van der Waals surface area (Å²) in [4.78, 5) is 63.4. The zero-order valence-electron chi connectivity index (χ0n) is 33.5. The molecular weight excluding hydrogens is 755 g/mol. The van der Waals surface area contributed by atoms with Crippen LogP contribution < -0.4 is 21.6 Å². The SMILES string of the molecule is CCc1ccccc1[C@H](Cn1c(=O)n(C(C)(C)C(=O)CC(C)(C)[Si](O)(c2ccccc2)c2ccccc2)c(=O)c2c(C)c(-c3ncco3)sc21)OC1CCOCC1. The predicted octanol–water partition coefficient (Wildman–Crippen LogP) is 6.91. The number of fused-ring (bicyclic) bond motifs is 1. The van der Waals surface area contributed by atoms with Gasteiger partial charge in [0, 0.05) is 19.6 Å². The fourth-order valence-electron chi connectivity index (χ4n) is 8.31. The Hall–Kier alpha value is -4.72. The second-order valence-electron chi connectivity index (χ2n) is 16.1. The van der Waals surface area contributed by atoms with Crippen molar-refractivity contribution in [2.45, 2.75) is 96.6 Å². The Morgan fingerprint density at radius 1 is 0.965 bits per heavy atom. The number of carbonyl (C=O) groups is 1. The first kappa shape index (κ1) is 40.5. The van der Waals surface area contributed by atoms with E-state index in [4.69, 9.17) is 13.9 Å². The lowest BCUT2D eigenvalue weighted by Gasteiger charge is -2.42. The van der Waals surface area contributed by atoms with Crippen LogP contribution in [0.1, 0.15) is 76.7 Å². The van der Waals surface area contributed by atoms with Gasteiger partial charge in [0.2, 0.25) is 5.89 Å². The number of hydrogen-bond donors (Lipinski definition) is 1. The average molecular weight is 806 g/mol. The Balaban J connectivity index is 1.38. The van der Waals surface area contributed by atoms with Gasteiger partial charge in [0.1, 0.15) is 22.7 Å². The molecule has 6 aromatic rings. The molecule has 0 saturated carbocycles.